The van der Waals surface area contributed by atoms with Crippen molar-refractivity contribution in [2.24, 2.45) is 5.73 Å². The maximum Gasteiger partial charge on any atom is 0.137 e. The quantitative estimate of drug-likeness (QED) is 0.785. The van der Waals surface area contributed by atoms with Gasteiger partial charge in [0.2, 0.25) is 0 Å². The van der Waals surface area contributed by atoms with Crippen molar-refractivity contribution in [3.63, 3.8) is 0 Å². The van der Waals surface area contributed by atoms with Crippen LogP contribution in [0.4, 0.5) is 0 Å². The molecule has 0 fully saturated rings. The largest absolute Gasteiger partial charge is 0.492 e. The molecule has 0 spiro atoms. The lowest BCUT2D eigenvalue weighted by molar-refractivity contribution is -0.0386. The Morgan fingerprint density at radius 3 is 2.47 bits per heavy atom. The summed E-state index contributed by atoms with van der Waals surface area (Å²) < 4.78 is 11.3. The minimum Gasteiger partial charge on any atom is -0.492 e. The van der Waals surface area contributed by atoms with Crippen molar-refractivity contribution in [3.8, 4) is 5.75 Å². The molecular formula is C15H26N2O2. The molecule has 0 bridgehead atoms. The number of hydrogen-bond acceptors (Lipinski definition) is 4. The number of nitrogens with zero attached hydrogens (tertiary/aromatic N) is 1. The molecule has 0 aliphatic heterocycles. The van der Waals surface area contributed by atoms with Crippen LogP contribution in [0.25, 0.3) is 0 Å². The zero-order valence-corrected chi connectivity index (χ0v) is 12.5. The minimum atomic E-state index is -0.342. The van der Waals surface area contributed by atoms with Crippen LogP contribution in [0.5, 0.6) is 5.75 Å². The van der Waals surface area contributed by atoms with Crippen LogP contribution in [0.3, 0.4) is 0 Å². The fraction of sp³-hybridized carbons (Fsp3) is 0.667. The highest BCUT2D eigenvalue weighted by Gasteiger charge is 2.34. The fourth-order valence-electron chi connectivity index (χ4n) is 2.31. The Kier molecular flexibility index (Phi) is 6.25. The molecule has 19 heavy (non-hydrogen) atoms. The van der Waals surface area contributed by atoms with Gasteiger partial charge in [0.15, 0.2) is 0 Å². The van der Waals surface area contributed by atoms with Crippen molar-refractivity contribution in [1.29, 1.82) is 0 Å². The number of methoxy groups -OCH3 is 1. The maximum absolute atomic E-state index is 6.38. The Bertz CT molecular complexity index is 370. The Hall–Kier alpha value is -1.13. The summed E-state index contributed by atoms with van der Waals surface area (Å²) in [5.74, 6) is 0.770. The number of pyridine rings is 1. The third kappa shape index (κ3) is 3.67. The first-order chi connectivity index (χ1) is 9.13. The number of nitrogens with two attached hydrogens (primary N) is 1. The van der Waals surface area contributed by atoms with E-state index in [-0.39, 0.29) is 11.6 Å². The van der Waals surface area contributed by atoms with Crippen LogP contribution in [0.15, 0.2) is 18.5 Å². The summed E-state index contributed by atoms with van der Waals surface area (Å²) in [5.41, 5.74) is 7.00. The molecule has 4 nitrogen and oxygen atoms in total. The van der Waals surface area contributed by atoms with E-state index in [2.05, 4.69) is 25.8 Å². The maximum atomic E-state index is 6.38. The van der Waals surface area contributed by atoms with Crippen molar-refractivity contribution >= 4 is 0 Å². The highest BCUT2D eigenvalue weighted by atomic mass is 16.5. The van der Waals surface area contributed by atoms with E-state index in [1.54, 1.807) is 19.5 Å². The smallest absolute Gasteiger partial charge is 0.137 e. The van der Waals surface area contributed by atoms with Gasteiger partial charge in [-0.1, -0.05) is 20.8 Å². The molecule has 4 heteroatoms. The van der Waals surface area contributed by atoms with Gasteiger partial charge in [-0.25, -0.2) is 0 Å². The normalized spacial score (nSPS) is 13.3. The summed E-state index contributed by atoms with van der Waals surface area (Å²) in [4.78, 5) is 4.21. The molecule has 1 unspecified atom stereocenters. The van der Waals surface area contributed by atoms with Gasteiger partial charge in [-0.05, 0) is 30.9 Å². The van der Waals surface area contributed by atoms with Gasteiger partial charge in [0.05, 0.1) is 24.4 Å². The second kappa shape index (κ2) is 7.46. The lowest BCUT2D eigenvalue weighted by Gasteiger charge is -2.36. The van der Waals surface area contributed by atoms with E-state index in [0.29, 0.717) is 6.61 Å². The molecular weight excluding hydrogens is 240 g/mol. The Labute approximate surface area is 116 Å². The predicted molar refractivity (Wildman–Crippen MR) is 77.3 cm³/mol. The molecule has 1 aromatic rings. The molecule has 108 valence electrons. The van der Waals surface area contributed by atoms with E-state index in [1.165, 1.54) is 0 Å². The molecule has 0 aliphatic carbocycles. The summed E-state index contributed by atoms with van der Waals surface area (Å²) in [6.07, 6.45) is 6.21. The summed E-state index contributed by atoms with van der Waals surface area (Å²) in [5, 5.41) is 0. The predicted octanol–water partition coefficient (Wildman–Crippen LogP) is 3.08. The molecule has 0 aromatic carbocycles. The van der Waals surface area contributed by atoms with Crippen LogP contribution in [0.1, 0.15) is 51.6 Å². The lowest BCUT2D eigenvalue weighted by Crippen LogP contribution is -2.42. The zero-order chi connectivity index (χ0) is 14.3. The average Bonchev–Trinajstić information content (AvgIpc) is 2.47. The van der Waals surface area contributed by atoms with Crippen molar-refractivity contribution in [2.45, 2.75) is 51.7 Å². The first kappa shape index (κ1) is 15.9. The zero-order valence-electron chi connectivity index (χ0n) is 12.5. The van der Waals surface area contributed by atoms with Crippen LogP contribution < -0.4 is 10.5 Å². The molecule has 0 saturated heterocycles. The molecule has 0 amide bonds. The van der Waals surface area contributed by atoms with Crippen molar-refractivity contribution in [2.75, 3.05) is 13.7 Å². The summed E-state index contributed by atoms with van der Waals surface area (Å²) >= 11 is 0. The second-order valence-corrected chi connectivity index (χ2v) is 4.76. The molecule has 0 aliphatic rings. The first-order valence-electron chi connectivity index (χ1n) is 7.02. The van der Waals surface area contributed by atoms with Crippen LogP contribution in [0.2, 0.25) is 0 Å². The topological polar surface area (TPSA) is 57.4 Å². The Balaban J connectivity index is 2.94. The van der Waals surface area contributed by atoms with Gasteiger partial charge in [0.25, 0.3) is 0 Å². The summed E-state index contributed by atoms with van der Waals surface area (Å²) in [7, 11) is 1.72. The van der Waals surface area contributed by atoms with Crippen LogP contribution in [-0.4, -0.2) is 24.3 Å². The van der Waals surface area contributed by atoms with Crippen molar-refractivity contribution in [1.82, 2.24) is 4.98 Å². The Morgan fingerprint density at radius 1 is 1.26 bits per heavy atom. The van der Waals surface area contributed by atoms with Gasteiger partial charge in [0, 0.05) is 13.3 Å². The molecule has 1 aromatic heterocycles. The standard InChI is InChI=1S/C15H26N2O2/c1-5-8-19-13-9-12(10-17-11-13)14(16)15(6-2,7-3)18-4/h9-11,14H,5-8,16H2,1-4H3. The van der Waals surface area contributed by atoms with Crippen molar-refractivity contribution in [3.05, 3.63) is 24.0 Å². The summed E-state index contributed by atoms with van der Waals surface area (Å²) in [6, 6.07) is 1.76. The van der Waals surface area contributed by atoms with Crippen LogP contribution >= 0.6 is 0 Å². The fourth-order valence-corrected chi connectivity index (χ4v) is 2.31. The number of rotatable bonds is 8. The van der Waals surface area contributed by atoms with E-state index in [0.717, 1.165) is 30.6 Å². The molecule has 2 N–H and O–H groups in total. The number of hydrogen-bond donors (Lipinski definition) is 1. The third-order valence-corrected chi connectivity index (χ3v) is 3.74. The molecule has 0 saturated carbocycles. The van der Waals surface area contributed by atoms with Gasteiger partial charge in [-0.3, -0.25) is 4.98 Å². The van der Waals surface area contributed by atoms with E-state index in [4.69, 9.17) is 15.2 Å². The van der Waals surface area contributed by atoms with Gasteiger partial charge < -0.3 is 15.2 Å². The first-order valence-corrected chi connectivity index (χ1v) is 7.02. The van der Waals surface area contributed by atoms with E-state index >= 15 is 0 Å². The van der Waals surface area contributed by atoms with E-state index in [9.17, 15) is 0 Å². The highest BCUT2D eigenvalue weighted by molar-refractivity contribution is 5.27. The van der Waals surface area contributed by atoms with Gasteiger partial charge in [-0.15, -0.1) is 0 Å². The van der Waals surface area contributed by atoms with Crippen molar-refractivity contribution < 1.29 is 9.47 Å². The molecule has 0 radical (unpaired) electrons. The van der Waals surface area contributed by atoms with E-state index in [1.807, 2.05) is 6.07 Å². The third-order valence-electron chi connectivity index (χ3n) is 3.74. The molecule has 1 atom stereocenters. The Morgan fingerprint density at radius 2 is 1.95 bits per heavy atom. The van der Waals surface area contributed by atoms with Gasteiger partial charge in [0.1, 0.15) is 5.75 Å². The van der Waals surface area contributed by atoms with Gasteiger partial charge in [-0.2, -0.15) is 0 Å². The lowest BCUT2D eigenvalue weighted by atomic mass is 9.85. The van der Waals surface area contributed by atoms with Crippen LogP contribution in [0, 0.1) is 0 Å². The number of ether oxygens (including phenoxy) is 2. The monoisotopic (exact) mass is 266 g/mol. The minimum absolute atomic E-state index is 0.204. The SMILES string of the molecule is CCCOc1cncc(C(N)C(CC)(CC)OC)c1. The van der Waals surface area contributed by atoms with E-state index < -0.39 is 0 Å². The average molecular weight is 266 g/mol. The number of aromatic nitrogens is 1. The summed E-state index contributed by atoms with van der Waals surface area (Å²) in [6.45, 7) is 6.96. The van der Waals surface area contributed by atoms with Crippen LogP contribution in [-0.2, 0) is 4.74 Å². The van der Waals surface area contributed by atoms with Gasteiger partial charge >= 0.3 is 0 Å². The molecule has 1 heterocycles. The highest BCUT2D eigenvalue weighted by Crippen LogP contribution is 2.33. The molecule has 1 rings (SSSR count). The second-order valence-electron chi connectivity index (χ2n) is 4.76.